The van der Waals surface area contributed by atoms with Crippen molar-refractivity contribution in [2.75, 3.05) is 19.7 Å². The number of ether oxygens (including phenoxy) is 1. The Bertz CT molecular complexity index is 366. The molecule has 2 nitrogen and oxygen atoms in total. The lowest BCUT2D eigenvalue weighted by Gasteiger charge is -2.22. The third-order valence-electron chi connectivity index (χ3n) is 3.10. The van der Waals surface area contributed by atoms with E-state index in [1.54, 1.807) is 12.1 Å². The summed E-state index contributed by atoms with van der Waals surface area (Å²) in [6.07, 6.45) is 2.30. The number of hydrogen-bond donors (Lipinski definition) is 1. The van der Waals surface area contributed by atoms with Crippen LogP contribution in [0, 0.1) is 11.7 Å². The Kier molecular flexibility index (Phi) is 4.77. The maximum Gasteiger partial charge on any atom is 0.142 e. The molecule has 4 heteroatoms. The van der Waals surface area contributed by atoms with Crippen LogP contribution < -0.4 is 5.32 Å². The van der Waals surface area contributed by atoms with E-state index in [-0.39, 0.29) is 10.8 Å². The first kappa shape index (κ1) is 12.8. The second-order valence-corrected chi connectivity index (χ2v) is 4.80. The summed E-state index contributed by atoms with van der Waals surface area (Å²) in [4.78, 5) is 0. The zero-order valence-electron chi connectivity index (χ0n) is 9.72. The molecule has 1 aliphatic rings. The van der Waals surface area contributed by atoms with Crippen molar-refractivity contribution in [1.29, 1.82) is 0 Å². The maximum absolute atomic E-state index is 13.2. The molecule has 1 aromatic rings. The number of benzene rings is 1. The molecule has 1 fully saturated rings. The number of hydrogen-bond acceptors (Lipinski definition) is 2. The lowest BCUT2D eigenvalue weighted by Crippen LogP contribution is -2.29. The summed E-state index contributed by atoms with van der Waals surface area (Å²) in [6, 6.07) is 4.82. The fourth-order valence-electron chi connectivity index (χ4n) is 2.04. The van der Waals surface area contributed by atoms with Crippen LogP contribution >= 0.6 is 11.6 Å². The predicted molar refractivity (Wildman–Crippen MR) is 66.7 cm³/mol. The van der Waals surface area contributed by atoms with Crippen molar-refractivity contribution in [2.24, 2.45) is 5.92 Å². The van der Waals surface area contributed by atoms with Crippen molar-refractivity contribution in [1.82, 2.24) is 5.32 Å². The van der Waals surface area contributed by atoms with Crippen LogP contribution in [0.1, 0.15) is 18.4 Å². The normalized spacial score (nSPS) is 17.3. The van der Waals surface area contributed by atoms with Crippen LogP contribution in [-0.4, -0.2) is 19.7 Å². The predicted octanol–water partition coefficient (Wildman–Crippen LogP) is 3.00. The average Bonchev–Trinajstić information content (AvgIpc) is 2.36. The SMILES string of the molecule is Fc1cccc(COCC2CCNCC2)c1Cl. The molecule has 1 aromatic carbocycles. The number of halogens is 2. The van der Waals surface area contributed by atoms with Crippen molar-refractivity contribution in [3.63, 3.8) is 0 Å². The van der Waals surface area contributed by atoms with Crippen LogP contribution in [0.3, 0.4) is 0 Å². The van der Waals surface area contributed by atoms with E-state index in [9.17, 15) is 4.39 Å². The molecule has 0 atom stereocenters. The smallest absolute Gasteiger partial charge is 0.142 e. The summed E-state index contributed by atoms with van der Waals surface area (Å²) in [5.74, 6) is 0.234. The Hall–Kier alpha value is -0.640. The van der Waals surface area contributed by atoms with Gasteiger partial charge in [-0.2, -0.15) is 0 Å². The Morgan fingerprint density at radius 3 is 2.88 bits per heavy atom. The summed E-state index contributed by atoms with van der Waals surface area (Å²) in [7, 11) is 0. The second-order valence-electron chi connectivity index (χ2n) is 4.42. The number of rotatable bonds is 4. The Morgan fingerprint density at radius 1 is 1.35 bits per heavy atom. The van der Waals surface area contributed by atoms with E-state index in [0.29, 0.717) is 12.5 Å². The van der Waals surface area contributed by atoms with Gasteiger partial charge in [0.15, 0.2) is 0 Å². The molecule has 17 heavy (non-hydrogen) atoms. The van der Waals surface area contributed by atoms with E-state index >= 15 is 0 Å². The van der Waals surface area contributed by atoms with Gasteiger partial charge in [-0.15, -0.1) is 0 Å². The summed E-state index contributed by atoms with van der Waals surface area (Å²) in [6.45, 7) is 3.25. The van der Waals surface area contributed by atoms with Crippen molar-refractivity contribution in [2.45, 2.75) is 19.4 Å². The second kappa shape index (κ2) is 6.34. The molecule has 1 saturated heterocycles. The summed E-state index contributed by atoms with van der Waals surface area (Å²) in [5.41, 5.74) is 0.723. The molecular weight excluding hydrogens is 241 g/mol. The molecule has 2 rings (SSSR count). The molecule has 0 aliphatic carbocycles. The molecule has 0 unspecified atom stereocenters. The quantitative estimate of drug-likeness (QED) is 0.895. The molecule has 0 saturated carbocycles. The van der Waals surface area contributed by atoms with E-state index in [1.807, 2.05) is 0 Å². The lowest BCUT2D eigenvalue weighted by molar-refractivity contribution is 0.0762. The molecule has 1 aliphatic heterocycles. The molecular formula is C13H17ClFNO. The van der Waals surface area contributed by atoms with Gasteiger partial charge < -0.3 is 10.1 Å². The topological polar surface area (TPSA) is 21.3 Å². The first-order valence-corrected chi connectivity index (χ1v) is 6.36. The largest absolute Gasteiger partial charge is 0.376 e. The first-order valence-electron chi connectivity index (χ1n) is 5.98. The highest BCUT2D eigenvalue weighted by Gasteiger charge is 2.13. The van der Waals surface area contributed by atoms with Gasteiger partial charge in [0.1, 0.15) is 5.82 Å². The van der Waals surface area contributed by atoms with Gasteiger partial charge in [0, 0.05) is 6.61 Å². The van der Waals surface area contributed by atoms with Gasteiger partial charge in [0.05, 0.1) is 11.6 Å². The standard InChI is InChI=1S/C13H17ClFNO/c14-13-11(2-1-3-12(13)15)9-17-8-10-4-6-16-7-5-10/h1-3,10,16H,4-9H2. The van der Waals surface area contributed by atoms with Gasteiger partial charge in [0.25, 0.3) is 0 Å². The van der Waals surface area contributed by atoms with Crippen LogP contribution in [0.4, 0.5) is 4.39 Å². The number of piperidine rings is 1. The van der Waals surface area contributed by atoms with E-state index in [2.05, 4.69) is 5.32 Å². The highest BCUT2D eigenvalue weighted by molar-refractivity contribution is 6.31. The van der Waals surface area contributed by atoms with Gasteiger partial charge in [-0.3, -0.25) is 0 Å². The third kappa shape index (κ3) is 3.66. The highest BCUT2D eigenvalue weighted by Crippen LogP contribution is 2.21. The summed E-state index contributed by atoms with van der Waals surface area (Å²) in [5, 5.41) is 3.49. The van der Waals surface area contributed by atoms with Crippen LogP contribution in [0.5, 0.6) is 0 Å². The van der Waals surface area contributed by atoms with Crippen LogP contribution in [0.15, 0.2) is 18.2 Å². The van der Waals surface area contributed by atoms with Gasteiger partial charge in [-0.05, 0) is 43.5 Å². The Morgan fingerprint density at radius 2 is 2.12 bits per heavy atom. The molecule has 0 bridgehead atoms. The minimum Gasteiger partial charge on any atom is -0.376 e. The van der Waals surface area contributed by atoms with Crippen LogP contribution in [0.2, 0.25) is 5.02 Å². The van der Waals surface area contributed by atoms with Gasteiger partial charge >= 0.3 is 0 Å². The highest BCUT2D eigenvalue weighted by atomic mass is 35.5. The molecule has 0 amide bonds. The maximum atomic E-state index is 13.2. The fourth-order valence-corrected chi connectivity index (χ4v) is 2.22. The minimum absolute atomic E-state index is 0.179. The molecule has 94 valence electrons. The summed E-state index contributed by atoms with van der Waals surface area (Å²) < 4.78 is 18.8. The molecule has 0 radical (unpaired) electrons. The van der Waals surface area contributed by atoms with E-state index in [0.717, 1.165) is 38.1 Å². The molecule has 0 spiro atoms. The van der Waals surface area contributed by atoms with Crippen molar-refractivity contribution in [3.8, 4) is 0 Å². The third-order valence-corrected chi connectivity index (χ3v) is 3.52. The summed E-state index contributed by atoms with van der Waals surface area (Å²) >= 11 is 5.85. The fraction of sp³-hybridized carbons (Fsp3) is 0.538. The molecule has 1 N–H and O–H groups in total. The Balaban J connectivity index is 1.79. The average molecular weight is 258 g/mol. The van der Waals surface area contributed by atoms with Crippen molar-refractivity contribution < 1.29 is 9.13 Å². The van der Waals surface area contributed by atoms with Crippen LogP contribution in [-0.2, 0) is 11.3 Å². The zero-order valence-corrected chi connectivity index (χ0v) is 10.5. The van der Waals surface area contributed by atoms with Gasteiger partial charge in [-0.25, -0.2) is 4.39 Å². The Labute approximate surface area is 106 Å². The van der Waals surface area contributed by atoms with E-state index in [4.69, 9.17) is 16.3 Å². The van der Waals surface area contributed by atoms with E-state index in [1.165, 1.54) is 6.07 Å². The van der Waals surface area contributed by atoms with Gasteiger partial charge in [0.2, 0.25) is 0 Å². The minimum atomic E-state index is -0.380. The van der Waals surface area contributed by atoms with E-state index < -0.39 is 0 Å². The molecule has 1 heterocycles. The monoisotopic (exact) mass is 257 g/mol. The van der Waals surface area contributed by atoms with Gasteiger partial charge in [-0.1, -0.05) is 23.7 Å². The van der Waals surface area contributed by atoms with Crippen molar-refractivity contribution >= 4 is 11.6 Å². The first-order chi connectivity index (χ1) is 8.27. The zero-order chi connectivity index (χ0) is 12.1. The number of nitrogens with one attached hydrogen (secondary N) is 1. The lowest BCUT2D eigenvalue weighted by atomic mass is 9.99. The van der Waals surface area contributed by atoms with Crippen molar-refractivity contribution in [3.05, 3.63) is 34.6 Å². The van der Waals surface area contributed by atoms with Crippen LogP contribution in [0.25, 0.3) is 0 Å². The molecule has 0 aromatic heterocycles.